The van der Waals surface area contributed by atoms with Crippen LogP contribution in [0, 0.1) is 5.82 Å². The van der Waals surface area contributed by atoms with E-state index in [2.05, 4.69) is 10.1 Å². The van der Waals surface area contributed by atoms with Gasteiger partial charge < -0.3 is 10.1 Å². The van der Waals surface area contributed by atoms with Crippen molar-refractivity contribution in [2.45, 2.75) is 6.92 Å². The maximum absolute atomic E-state index is 12.9. The minimum absolute atomic E-state index is 0.0984. The van der Waals surface area contributed by atoms with Gasteiger partial charge in [-0.1, -0.05) is 17.7 Å². The monoisotopic (exact) mass is 271 g/mol. The number of ether oxygens (including phenoxy) is 1. The lowest BCUT2D eigenvalue weighted by molar-refractivity contribution is -0.142. The first-order chi connectivity index (χ1) is 8.52. The second-order valence-electron chi connectivity index (χ2n) is 3.28. The van der Waals surface area contributed by atoms with E-state index in [0.29, 0.717) is 5.69 Å². The molecule has 1 rings (SSSR count). The van der Waals surface area contributed by atoms with Crippen LogP contribution in [0.3, 0.4) is 0 Å². The fourth-order valence-corrected chi connectivity index (χ4v) is 1.27. The molecule has 0 aliphatic heterocycles. The van der Waals surface area contributed by atoms with Crippen LogP contribution in [0.1, 0.15) is 6.92 Å². The van der Waals surface area contributed by atoms with Gasteiger partial charge in [-0.3, -0.25) is 4.79 Å². The summed E-state index contributed by atoms with van der Waals surface area (Å²) in [5, 5.41) is 2.32. The molecule has 1 aromatic rings. The number of nitrogens with one attached hydrogen (secondary N) is 1. The van der Waals surface area contributed by atoms with Crippen molar-refractivity contribution in [3.05, 3.63) is 41.2 Å². The Hall–Kier alpha value is -1.88. The first-order valence-corrected chi connectivity index (χ1v) is 5.45. The SMILES string of the molecule is C/C=C/C(=O)OCC(=O)Nc1ccc(F)c(Cl)c1. The fraction of sp³-hybridized carbons (Fsp3) is 0.167. The van der Waals surface area contributed by atoms with Crippen LogP contribution in [-0.2, 0) is 14.3 Å². The van der Waals surface area contributed by atoms with Crippen LogP contribution in [0.4, 0.5) is 10.1 Å². The normalized spacial score (nSPS) is 10.4. The molecule has 96 valence electrons. The number of anilines is 1. The van der Waals surface area contributed by atoms with E-state index in [1.165, 1.54) is 24.3 Å². The van der Waals surface area contributed by atoms with Crippen LogP contribution < -0.4 is 5.32 Å². The molecule has 0 saturated heterocycles. The smallest absolute Gasteiger partial charge is 0.330 e. The predicted molar refractivity (Wildman–Crippen MR) is 65.8 cm³/mol. The van der Waals surface area contributed by atoms with E-state index < -0.39 is 24.3 Å². The Morgan fingerprint density at radius 2 is 2.22 bits per heavy atom. The molecule has 0 radical (unpaired) electrons. The average molecular weight is 272 g/mol. The molecular formula is C12H11ClFNO3. The Morgan fingerprint density at radius 1 is 1.50 bits per heavy atom. The highest BCUT2D eigenvalue weighted by atomic mass is 35.5. The fourth-order valence-electron chi connectivity index (χ4n) is 1.09. The largest absolute Gasteiger partial charge is 0.452 e. The zero-order valence-electron chi connectivity index (χ0n) is 9.57. The molecule has 1 aromatic carbocycles. The summed E-state index contributed by atoms with van der Waals surface area (Å²) in [5.74, 6) is -1.71. The summed E-state index contributed by atoms with van der Waals surface area (Å²) in [7, 11) is 0. The van der Waals surface area contributed by atoms with E-state index in [0.717, 1.165) is 6.07 Å². The van der Waals surface area contributed by atoms with Crippen LogP contribution in [0.25, 0.3) is 0 Å². The van der Waals surface area contributed by atoms with Crippen molar-refractivity contribution >= 4 is 29.2 Å². The minimum Gasteiger partial charge on any atom is -0.452 e. The van der Waals surface area contributed by atoms with Crippen molar-refractivity contribution in [3.8, 4) is 0 Å². The Morgan fingerprint density at radius 3 is 2.83 bits per heavy atom. The van der Waals surface area contributed by atoms with Crippen molar-refractivity contribution < 1.29 is 18.7 Å². The summed E-state index contributed by atoms with van der Waals surface area (Å²) in [5.41, 5.74) is 0.327. The van der Waals surface area contributed by atoms with Gasteiger partial charge in [0.15, 0.2) is 6.61 Å². The number of carbonyl (C=O) groups is 2. The van der Waals surface area contributed by atoms with Crippen LogP contribution in [-0.4, -0.2) is 18.5 Å². The highest BCUT2D eigenvalue weighted by Crippen LogP contribution is 2.19. The van der Waals surface area contributed by atoms with Gasteiger partial charge in [0.1, 0.15) is 5.82 Å². The average Bonchev–Trinajstić information content (AvgIpc) is 2.32. The zero-order chi connectivity index (χ0) is 13.5. The Kier molecular flexibility index (Phi) is 5.32. The molecule has 0 aliphatic carbocycles. The van der Waals surface area contributed by atoms with Gasteiger partial charge in [-0.05, 0) is 25.1 Å². The highest BCUT2D eigenvalue weighted by molar-refractivity contribution is 6.31. The van der Waals surface area contributed by atoms with E-state index >= 15 is 0 Å². The summed E-state index contributed by atoms with van der Waals surface area (Å²) < 4.78 is 17.5. The molecule has 0 atom stereocenters. The lowest BCUT2D eigenvalue weighted by atomic mass is 10.3. The number of amides is 1. The second kappa shape index (κ2) is 6.76. The van der Waals surface area contributed by atoms with Gasteiger partial charge in [-0.2, -0.15) is 0 Å². The predicted octanol–water partition coefficient (Wildman–Crippen LogP) is 2.54. The molecule has 0 fully saturated rings. The molecule has 0 aliphatic rings. The molecule has 6 heteroatoms. The Labute approximate surface area is 108 Å². The number of carbonyl (C=O) groups excluding carboxylic acids is 2. The third-order valence-electron chi connectivity index (χ3n) is 1.85. The van der Waals surface area contributed by atoms with E-state index in [-0.39, 0.29) is 5.02 Å². The van der Waals surface area contributed by atoms with Gasteiger partial charge in [0.2, 0.25) is 0 Å². The molecule has 0 aromatic heterocycles. The van der Waals surface area contributed by atoms with Crippen molar-refractivity contribution in [1.29, 1.82) is 0 Å². The summed E-state index contributed by atoms with van der Waals surface area (Å²) in [6, 6.07) is 3.75. The van der Waals surface area contributed by atoms with Gasteiger partial charge >= 0.3 is 5.97 Å². The first kappa shape index (κ1) is 14.2. The van der Waals surface area contributed by atoms with E-state index in [1.54, 1.807) is 6.92 Å². The number of hydrogen-bond acceptors (Lipinski definition) is 3. The summed E-state index contributed by atoms with van der Waals surface area (Å²) in [6.45, 7) is 1.24. The zero-order valence-corrected chi connectivity index (χ0v) is 10.3. The lowest BCUT2D eigenvalue weighted by Crippen LogP contribution is -2.20. The number of esters is 1. The van der Waals surface area contributed by atoms with E-state index in [9.17, 15) is 14.0 Å². The maximum Gasteiger partial charge on any atom is 0.330 e. The molecule has 0 bridgehead atoms. The van der Waals surface area contributed by atoms with Gasteiger partial charge in [0.25, 0.3) is 5.91 Å². The van der Waals surface area contributed by atoms with Crippen LogP contribution >= 0.6 is 11.6 Å². The topological polar surface area (TPSA) is 55.4 Å². The van der Waals surface area contributed by atoms with Crippen LogP contribution in [0.2, 0.25) is 5.02 Å². The minimum atomic E-state index is -0.607. The van der Waals surface area contributed by atoms with Crippen molar-refractivity contribution in [2.24, 2.45) is 0 Å². The Bertz CT molecular complexity index is 488. The quantitative estimate of drug-likeness (QED) is 0.676. The molecular weight excluding hydrogens is 261 g/mol. The van der Waals surface area contributed by atoms with Crippen LogP contribution in [0.5, 0.6) is 0 Å². The van der Waals surface area contributed by atoms with Crippen molar-refractivity contribution in [3.63, 3.8) is 0 Å². The van der Waals surface area contributed by atoms with Gasteiger partial charge in [0, 0.05) is 11.8 Å². The van der Waals surface area contributed by atoms with Crippen molar-refractivity contribution in [1.82, 2.24) is 0 Å². The Balaban J connectivity index is 2.49. The number of rotatable bonds is 4. The first-order valence-electron chi connectivity index (χ1n) is 5.07. The number of halogens is 2. The molecule has 1 amide bonds. The van der Waals surface area contributed by atoms with E-state index in [4.69, 9.17) is 11.6 Å². The molecule has 0 saturated carbocycles. The summed E-state index contributed by atoms with van der Waals surface area (Å²) in [6.07, 6.45) is 2.70. The number of benzene rings is 1. The van der Waals surface area contributed by atoms with Crippen molar-refractivity contribution in [2.75, 3.05) is 11.9 Å². The molecule has 0 unspecified atom stereocenters. The number of allylic oxidation sites excluding steroid dienone is 1. The molecule has 18 heavy (non-hydrogen) atoms. The van der Waals surface area contributed by atoms with Gasteiger partial charge in [-0.25, -0.2) is 9.18 Å². The van der Waals surface area contributed by atoms with Crippen LogP contribution in [0.15, 0.2) is 30.4 Å². The third kappa shape index (κ3) is 4.55. The molecule has 0 heterocycles. The maximum atomic E-state index is 12.9. The van der Waals surface area contributed by atoms with Gasteiger partial charge in [-0.15, -0.1) is 0 Å². The lowest BCUT2D eigenvalue weighted by Gasteiger charge is -2.06. The molecule has 1 N–H and O–H groups in total. The third-order valence-corrected chi connectivity index (χ3v) is 2.14. The van der Waals surface area contributed by atoms with E-state index in [1.807, 2.05) is 0 Å². The standard InChI is InChI=1S/C12H11ClFNO3/c1-2-3-12(17)18-7-11(16)15-8-4-5-10(14)9(13)6-8/h2-6H,7H2,1H3,(H,15,16)/b3-2+. The highest BCUT2D eigenvalue weighted by Gasteiger charge is 2.07. The summed E-state index contributed by atoms with van der Waals surface area (Å²) >= 11 is 5.55. The molecule has 4 nitrogen and oxygen atoms in total. The second-order valence-corrected chi connectivity index (χ2v) is 3.69. The number of hydrogen-bond donors (Lipinski definition) is 1. The molecule has 0 spiro atoms. The summed E-state index contributed by atoms with van der Waals surface area (Å²) in [4.78, 5) is 22.3. The van der Waals surface area contributed by atoms with Gasteiger partial charge in [0.05, 0.1) is 5.02 Å².